The number of halogens is 2. The van der Waals surface area contributed by atoms with Gasteiger partial charge in [0, 0.05) is 5.57 Å². The SMILES string of the molecule is CCCCCC1CCC(C2=CC=CC(F)C2(F)OCC(C)CP(=O)(OCC)OCC)CC1. The first-order valence-electron chi connectivity index (χ1n) is 12.5. The summed E-state index contributed by atoms with van der Waals surface area (Å²) in [6.07, 6.45) is 11.6. The van der Waals surface area contributed by atoms with Crippen LogP contribution in [-0.4, -0.2) is 38.0 Å². The van der Waals surface area contributed by atoms with Crippen LogP contribution in [0.25, 0.3) is 0 Å². The zero-order valence-electron chi connectivity index (χ0n) is 20.4. The molecule has 4 nitrogen and oxygen atoms in total. The molecule has 186 valence electrons. The highest BCUT2D eigenvalue weighted by molar-refractivity contribution is 7.53. The summed E-state index contributed by atoms with van der Waals surface area (Å²) in [5.74, 6) is -2.08. The highest BCUT2D eigenvalue weighted by Crippen LogP contribution is 2.50. The molecule has 3 unspecified atom stereocenters. The number of unbranched alkanes of at least 4 members (excludes halogenated alkanes) is 2. The Bertz CT molecular complexity index is 650. The summed E-state index contributed by atoms with van der Waals surface area (Å²) < 4.78 is 59.9. The molecule has 0 N–H and O–H groups in total. The van der Waals surface area contributed by atoms with E-state index in [2.05, 4.69) is 6.92 Å². The Labute approximate surface area is 193 Å². The minimum Gasteiger partial charge on any atom is -0.340 e. The molecule has 0 aromatic rings. The van der Waals surface area contributed by atoms with Gasteiger partial charge in [0.05, 0.1) is 26.0 Å². The number of rotatable bonds is 14. The monoisotopic (exact) mass is 476 g/mol. The molecule has 2 aliphatic carbocycles. The van der Waals surface area contributed by atoms with E-state index in [0.717, 1.165) is 25.7 Å². The molecular formula is C25H43F2O4P. The minimum atomic E-state index is -3.27. The summed E-state index contributed by atoms with van der Waals surface area (Å²) in [5.41, 5.74) is 0.421. The molecule has 3 atom stereocenters. The molecule has 1 saturated carbocycles. The first kappa shape index (κ1) is 27.7. The average molecular weight is 477 g/mol. The van der Waals surface area contributed by atoms with Gasteiger partial charge in [-0.15, -0.1) is 0 Å². The molecule has 7 heteroatoms. The third-order valence-electron chi connectivity index (χ3n) is 6.57. The van der Waals surface area contributed by atoms with E-state index >= 15 is 4.39 Å². The van der Waals surface area contributed by atoms with Gasteiger partial charge in [0.15, 0.2) is 6.17 Å². The molecule has 0 spiro atoms. The standard InChI is InChI=1S/C25H43F2O4P/c1-5-8-9-11-21-14-16-22(17-15-21)23-12-10-13-24(26)25(23,27)29-18-20(4)19-32(28,30-6-2)31-7-3/h10,12-13,20-22,24H,5-9,11,14-19H2,1-4H3. The van der Waals surface area contributed by atoms with Crippen molar-refractivity contribution < 1.29 is 27.1 Å². The lowest BCUT2D eigenvalue weighted by molar-refractivity contribution is -0.161. The molecular weight excluding hydrogens is 433 g/mol. The Hall–Kier alpha value is -0.550. The van der Waals surface area contributed by atoms with Crippen molar-refractivity contribution in [2.45, 2.75) is 91.1 Å². The quantitative estimate of drug-likeness (QED) is 0.190. The number of hydrogen-bond acceptors (Lipinski definition) is 4. The van der Waals surface area contributed by atoms with Crippen molar-refractivity contribution in [2.75, 3.05) is 26.0 Å². The van der Waals surface area contributed by atoms with Crippen LogP contribution in [0, 0.1) is 17.8 Å². The fraction of sp³-hybridized carbons (Fsp3) is 0.840. The van der Waals surface area contributed by atoms with Gasteiger partial charge in [-0.3, -0.25) is 4.57 Å². The number of alkyl halides is 2. The van der Waals surface area contributed by atoms with Crippen LogP contribution < -0.4 is 0 Å². The molecule has 1 fully saturated rings. The molecule has 2 rings (SSSR count). The van der Waals surface area contributed by atoms with Crippen LogP contribution >= 0.6 is 7.60 Å². The van der Waals surface area contributed by atoms with E-state index in [4.69, 9.17) is 13.8 Å². The first-order valence-corrected chi connectivity index (χ1v) is 14.2. The molecule has 0 saturated heterocycles. The average Bonchev–Trinajstić information content (AvgIpc) is 2.75. The normalized spacial score (nSPS) is 29.7. The van der Waals surface area contributed by atoms with E-state index in [0.29, 0.717) is 11.5 Å². The predicted molar refractivity (Wildman–Crippen MR) is 126 cm³/mol. The van der Waals surface area contributed by atoms with Gasteiger partial charge in [0.1, 0.15) is 0 Å². The fourth-order valence-corrected chi connectivity index (χ4v) is 6.85. The van der Waals surface area contributed by atoms with Gasteiger partial charge in [-0.05, 0) is 63.4 Å². The molecule has 32 heavy (non-hydrogen) atoms. The molecule has 0 aromatic heterocycles. The Morgan fingerprint density at radius 3 is 2.38 bits per heavy atom. The molecule has 0 aromatic carbocycles. The summed E-state index contributed by atoms with van der Waals surface area (Å²) in [6, 6.07) is 0. The van der Waals surface area contributed by atoms with Crippen molar-refractivity contribution in [1.29, 1.82) is 0 Å². The second-order valence-corrected chi connectivity index (χ2v) is 11.4. The highest BCUT2D eigenvalue weighted by atomic mass is 31.2. The van der Waals surface area contributed by atoms with E-state index in [9.17, 15) is 8.96 Å². The van der Waals surface area contributed by atoms with E-state index in [1.165, 1.54) is 31.8 Å². The van der Waals surface area contributed by atoms with E-state index < -0.39 is 19.6 Å². The van der Waals surface area contributed by atoms with Crippen molar-refractivity contribution in [3.8, 4) is 0 Å². The van der Waals surface area contributed by atoms with Gasteiger partial charge in [-0.1, -0.05) is 51.7 Å². The number of allylic oxidation sites excluding steroid dienone is 2. The largest absolute Gasteiger partial charge is 0.340 e. The molecule has 0 radical (unpaired) electrons. The molecule has 0 heterocycles. The first-order chi connectivity index (χ1) is 15.3. The summed E-state index contributed by atoms with van der Waals surface area (Å²) in [7, 11) is -3.27. The predicted octanol–water partition coefficient (Wildman–Crippen LogP) is 7.79. The lowest BCUT2D eigenvalue weighted by atomic mass is 9.73. The van der Waals surface area contributed by atoms with Crippen LogP contribution in [0.2, 0.25) is 0 Å². The van der Waals surface area contributed by atoms with Gasteiger partial charge in [-0.2, -0.15) is 0 Å². The lowest BCUT2D eigenvalue weighted by Gasteiger charge is -2.39. The third kappa shape index (κ3) is 7.75. The smallest absolute Gasteiger partial charge is 0.331 e. The maximum Gasteiger partial charge on any atom is 0.331 e. The van der Waals surface area contributed by atoms with Gasteiger partial charge in [-0.25, -0.2) is 8.78 Å². The summed E-state index contributed by atoms with van der Waals surface area (Å²) in [5, 5.41) is 0. The van der Waals surface area contributed by atoms with Crippen molar-refractivity contribution in [2.24, 2.45) is 17.8 Å². The van der Waals surface area contributed by atoms with Crippen LogP contribution in [0.1, 0.15) is 79.1 Å². The fourth-order valence-electron chi connectivity index (χ4n) is 4.91. The molecule has 0 bridgehead atoms. The topological polar surface area (TPSA) is 44.8 Å². The zero-order chi connectivity index (χ0) is 23.6. The Morgan fingerprint density at radius 2 is 1.78 bits per heavy atom. The number of hydrogen-bond donors (Lipinski definition) is 0. The molecule has 0 amide bonds. The summed E-state index contributed by atoms with van der Waals surface area (Å²) in [6.45, 7) is 7.99. The van der Waals surface area contributed by atoms with Gasteiger partial charge in [0.25, 0.3) is 5.85 Å². The van der Waals surface area contributed by atoms with Crippen molar-refractivity contribution in [3.05, 3.63) is 23.8 Å². The van der Waals surface area contributed by atoms with Crippen molar-refractivity contribution in [3.63, 3.8) is 0 Å². The number of ether oxygens (including phenoxy) is 1. The summed E-state index contributed by atoms with van der Waals surface area (Å²) >= 11 is 0. The van der Waals surface area contributed by atoms with Crippen LogP contribution in [-0.2, 0) is 18.3 Å². The van der Waals surface area contributed by atoms with Crippen LogP contribution in [0.5, 0.6) is 0 Å². The van der Waals surface area contributed by atoms with Gasteiger partial charge < -0.3 is 13.8 Å². The van der Waals surface area contributed by atoms with Crippen molar-refractivity contribution >= 4 is 7.60 Å². The zero-order valence-corrected chi connectivity index (χ0v) is 21.3. The Morgan fingerprint density at radius 1 is 1.12 bits per heavy atom. The van der Waals surface area contributed by atoms with Crippen LogP contribution in [0.3, 0.4) is 0 Å². The second kappa shape index (κ2) is 13.4. The van der Waals surface area contributed by atoms with Crippen molar-refractivity contribution in [1.82, 2.24) is 0 Å². The maximum atomic E-state index is 16.0. The highest BCUT2D eigenvalue weighted by Gasteiger charge is 2.48. The van der Waals surface area contributed by atoms with E-state index in [1.807, 2.05) is 0 Å². The van der Waals surface area contributed by atoms with Gasteiger partial charge >= 0.3 is 7.60 Å². The molecule has 0 aliphatic heterocycles. The third-order valence-corrected chi connectivity index (χ3v) is 8.95. The van der Waals surface area contributed by atoms with Gasteiger partial charge in [0.2, 0.25) is 0 Å². The minimum absolute atomic E-state index is 0.00104. The summed E-state index contributed by atoms with van der Waals surface area (Å²) in [4.78, 5) is 0. The lowest BCUT2D eigenvalue weighted by Crippen LogP contribution is -2.44. The van der Waals surface area contributed by atoms with Crippen LogP contribution in [0.4, 0.5) is 8.78 Å². The van der Waals surface area contributed by atoms with E-state index in [1.54, 1.807) is 32.9 Å². The van der Waals surface area contributed by atoms with E-state index in [-0.39, 0.29) is 37.8 Å². The maximum absolute atomic E-state index is 16.0. The second-order valence-electron chi connectivity index (χ2n) is 9.31. The Balaban J connectivity index is 1.97. The molecule has 2 aliphatic rings. The Kier molecular flexibility index (Phi) is 11.6. The van der Waals surface area contributed by atoms with Crippen LogP contribution in [0.15, 0.2) is 23.8 Å².